The van der Waals surface area contributed by atoms with Gasteiger partial charge in [0.15, 0.2) is 0 Å². The van der Waals surface area contributed by atoms with Crippen LogP contribution in [0, 0.1) is 0 Å². The van der Waals surface area contributed by atoms with Crippen molar-refractivity contribution in [3.05, 3.63) is 35.9 Å². The van der Waals surface area contributed by atoms with Crippen LogP contribution in [0.4, 0.5) is 0 Å². The number of hydrogen-bond donors (Lipinski definition) is 3. The zero-order valence-corrected chi connectivity index (χ0v) is 13.9. The summed E-state index contributed by atoms with van der Waals surface area (Å²) in [5, 5.41) is 12.9. The van der Waals surface area contributed by atoms with E-state index in [4.69, 9.17) is 4.84 Å². The average molecular weight is 335 g/mol. The molecule has 0 aliphatic carbocycles. The lowest BCUT2D eigenvalue weighted by Crippen LogP contribution is -2.47. The van der Waals surface area contributed by atoms with Gasteiger partial charge in [0.1, 0.15) is 6.04 Å². The molecule has 1 aromatic rings. The van der Waals surface area contributed by atoms with E-state index in [1.54, 1.807) is 0 Å². The molecule has 0 spiro atoms. The summed E-state index contributed by atoms with van der Waals surface area (Å²) < 4.78 is 0. The Morgan fingerprint density at radius 2 is 2.12 bits per heavy atom. The van der Waals surface area contributed by atoms with E-state index >= 15 is 0 Å². The standard InChI is InChI=1S/C17H25N3O4/c1-13(19-24-12-14-7-3-2-4-8-14)11-16(21)18-15-9-5-6-10-20(23)17(15)22/h2-4,7-8,13,15,19,23H,5-6,9-12H2,1H3,(H,18,21)/t13?,15-/m0/s1. The van der Waals surface area contributed by atoms with Crippen LogP contribution in [0.1, 0.15) is 38.2 Å². The maximum absolute atomic E-state index is 12.1. The first-order valence-corrected chi connectivity index (χ1v) is 8.27. The summed E-state index contributed by atoms with van der Waals surface area (Å²) in [5.41, 5.74) is 3.86. The number of rotatable bonds is 7. The Morgan fingerprint density at radius 1 is 1.38 bits per heavy atom. The van der Waals surface area contributed by atoms with Gasteiger partial charge in [-0.05, 0) is 31.7 Å². The van der Waals surface area contributed by atoms with Crippen LogP contribution < -0.4 is 10.8 Å². The summed E-state index contributed by atoms with van der Waals surface area (Å²) in [7, 11) is 0. The molecule has 0 saturated carbocycles. The van der Waals surface area contributed by atoms with E-state index in [1.165, 1.54) is 0 Å². The molecule has 2 atom stereocenters. The number of carbonyl (C=O) groups is 2. The van der Waals surface area contributed by atoms with Crippen molar-refractivity contribution in [2.45, 2.75) is 51.3 Å². The van der Waals surface area contributed by atoms with E-state index in [0.717, 1.165) is 18.4 Å². The maximum atomic E-state index is 12.1. The van der Waals surface area contributed by atoms with E-state index in [1.807, 2.05) is 37.3 Å². The number of nitrogens with one attached hydrogen (secondary N) is 2. The molecule has 1 saturated heterocycles. The normalized spacial score (nSPS) is 19.7. The quantitative estimate of drug-likeness (QED) is 0.517. The first kappa shape index (κ1) is 18.4. The summed E-state index contributed by atoms with van der Waals surface area (Å²) in [4.78, 5) is 29.4. The molecule has 1 aliphatic rings. The number of amides is 2. The van der Waals surface area contributed by atoms with Gasteiger partial charge in [0.05, 0.1) is 6.61 Å². The molecule has 7 heteroatoms. The average Bonchev–Trinajstić information content (AvgIpc) is 2.71. The second-order valence-electron chi connectivity index (χ2n) is 6.07. The number of hydroxylamine groups is 3. The summed E-state index contributed by atoms with van der Waals surface area (Å²) in [5.74, 6) is -0.686. The van der Waals surface area contributed by atoms with Crippen LogP contribution in [0.25, 0.3) is 0 Å². The molecule has 0 aromatic heterocycles. The van der Waals surface area contributed by atoms with Crippen LogP contribution >= 0.6 is 0 Å². The van der Waals surface area contributed by atoms with Gasteiger partial charge in [-0.25, -0.2) is 5.06 Å². The Morgan fingerprint density at radius 3 is 2.88 bits per heavy atom. The molecule has 1 unspecified atom stereocenters. The first-order valence-electron chi connectivity index (χ1n) is 8.27. The van der Waals surface area contributed by atoms with Crippen molar-refractivity contribution in [1.29, 1.82) is 0 Å². The van der Waals surface area contributed by atoms with Crippen LogP contribution in [-0.2, 0) is 21.0 Å². The fourth-order valence-corrected chi connectivity index (χ4v) is 2.57. The van der Waals surface area contributed by atoms with Gasteiger partial charge < -0.3 is 5.32 Å². The molecule has 0 bridgehead atoms. The molecular weight excluding hydrogens is 310 g/mol. The lowest BCUT2D eigenvalue weighted by atomic mass is 10.1. The molecule has 1 aliphatic heterocycles. The molecule has 3 N–H and O–H groups in total. The van der Waals surface area contributed by atoms with Gasteiger partial charge >= 0.3 is 0 Å². The summed E-state index contributed by atoms with van der Waals surface area (Å²) in [6, 6.07) is 8.87. The minimum atomic E-state index is -0.651. The highest BCUT2D eigenvalue weighted by molar-refractivity contribution is 5.87. The third-order valence-electron chi connectivity index (χ3n) is 3.86. The molecular formula is C17H25N3O4. The molecule has 7 nitrogen and oxygen atoms in total. The third-order valence-corrected chi connectivity index (χ3v) is 3.86. The van der Waals surface area contributed by atoms with E-state index < -0.39 is 11.9 Å². The van der Waals surface area contributed by atoms with E-state index in [-0.39, 0.29) is 18.4 Å². The van der Waals surface area contributed by atoms with Crippen molar-refractivity contribution in [1.82, 2.24) is 15.9 Å². The van der Waals surface area contributed by atoms with Gasteiger partial charge in [0, 0.05) is 19.0 Å². The summed E-state index contributed by atoms with van der Waals surface area (Å²) in [6.07, 6.45) is 2.26. The van der Waals surface area contributed by atoms with Gasteiger partial charge in [-0.2, -0.15) is 5.48 Å². The molecule has 1 fully saturated rings. The molecule has 132 valence electrons. The van der Waals surface area contributed by atoms with Crippen molar-refractivity contribution >= 4 is 11.8 Å². The van der Waals surface area contributed by atoms with E-state index in [9.17, 15) is 14.8 Å². The lowest BCUT2D eigenvalue weighted by Gasteiger charge is -2.20. The highest BCUT2D eigenvalue weighted by Crippen LogP contribution is 2.11. The van der Waals surface area contributed by atoms with Crippen LogP contribution in [0.2, 0.25) is 0 Å². The minimum absolute atomic E-state index is 0.185. The van der Waals surface area contributed by atoms with Gasteiger partial charge in [-0.3, -0.25) is 19.6 Å². The van der Waals surface area contributed by atoms with Crippen molar-refractivity contribution < 1.29 is 19.6 Å². The second kappa shape index (κ2) is 9.36. The smallest absolute Gasteiger partial charge is 0.268 e. The monoisotopic (exact) mass is 335 g/mol. The zero-order chi connectivity index (χ0) is 17.4. The van der Waals surface area contributed by atoms with Crippen molar-refractivity contribution in [3.63, 3.8) is 0 Å². The molecule has 2 rings (SSSR count). The third kappa shape index (κ3) is 5.92. The summed E-state index contributed by atoms with van der Waals surface area (Å²) >= 11 is 0. The molecule has 24 heavy (non-hydrogen) atoms. The Balaban J connectivity index is 1.70. The fraction of sp³-hybridized carbons (Fsp3) is 0.529. The van der Waals surface area contributed by atoms with Gasteiger partial charge in [0.25, 0.3) is 5.91 Å². The maximum Gasteiger partial charge on any atom is 0.268 e. The van der Waals surface area contributed by atoms with Gasteiger partial charge in [0.2, 0.25) is 5.91 Å². The Labute approximate surface area is 141 Å². The molecule has 2 amide bonds. The highest BCUT2D eigenvalue weighted by Gasteiger charge is 2.27. The Bertz CT molecular complexity index is 538. The van der Waals surface area contributed by atoms with Crippen molar-refractivity contribution in [2.75, 3.05) is 6.54 Å². The predicted molar refractivity (Wildman–Crippen MR) is 87.7 cm³/mol. The molecule has 0 radical (unpaired) electrons. The largest absolute Gasteiger partial charge is 0.344 e. The van der Waals surface area contributed by atoms with Gasteiger partial charge in [-0.1, -0.05) is 30.3 Å². The molecule has 1 aromatic carbocycles. The van der Waals surface area contributed by atoms with Crippen molar-refractivity contribution in [3.8, 4) is 0 Å². The van der Waals surface area contributed by atoms with Crippen LogP contribution in [-0.4, -0.2) is 40.7 Å². The van der Waals surface area contributed by atoms with Crippen LogP contribution in [0.3, 0.4) is 0 Å². The zero-order valence-electron chi connectivity index (χ0n) is 13.9. The Hall–Kier alpha value is -1.96. The Kier molecular flexibility index (Phi) is 7.17. The predicted octanol–water partition coefficient (Wildman–Crippen LogP) is 1.37. The van der Waals surface area contributed by atoms with E-state index in [0.29, 0.717) is 24.6 Å². The number of benzene rings is 1. The lowest BCUT2D eigenvalue weighted by molar-refractivity contribution is -0.167. The SMILES string of the molecule is CC(CC(=O)N[C@H]1CCCCN(O)C1=O)NOCc1ccccc1. The van der Waals surface area contributed by atoms with Crippen LogP contribution in [0.15, 0.2) is 30.3 Å². The number of nitrogens with zero attached hydrogens (tertiary/aromatic N) is 1. The van der Waals surface area contributed by atoms with Crippen LogP contribution in [0.5, 0.6) is 0 Å². The van der Waals surface area contributed by atoms with Crippen molar-refractivity contribution in [2.24, 2.45) is 0 Å². The first-order chi connectivity index (χ1) is 11.6. The number of hydrogen-bond acceptors (Lipinski definition) is 5. The van der Waals surface area contributed by atoms with Gasteiger partial charge in [-0.15, -0.1) is 0 Å². The fourth-order valence-electron chi connectivity index (χ4n) is 2.57. The number of carbonyl (C=O) groups excluding carboxylic acids is 2. The summed E-state index contributed by atoms with van der Waals surface area (Å²) in [6.45, 7) is 2.56. The highest BCUT2D eigenvalue weighted by atomic mass is 16.6. The molecule has 1 heterocycles. The minimum Gasteiger partial charge on any atom is -0.344 e. The topological polar surface area (TPSA) is 90.9 Å². The second-order valence-corrected chi connectivity index (χ2v) is 6.07. The van der Waals surface area contributed by atoms with E-state index in [2.05, 4.69) is 10.8 Å².